The molecule has 0 aromatic heterocycles. The second-order valence-electron chi connectivity index (χ2n) is 6.15. The van der Waals surface area contributed by atoms with Crippen LogP contribution in [-0.4, -0.2) is 18.4 Å². The minimum atomic E-state index is -0.895. The van der Waals surface area contributed by atoms with Crippen LogP contribution in [0.5, 0.6) is 0 Å². The fourth-order valence-electron chi connectivity index (χ4n) is 2.69. The van der Waals surface area contributed by atoms with Gasteiger partial charge < -0.3 is 16.0 Å². The largest absolute Gasteiger partial charge is 0.349 e. The minimum absolute atomic E-state index is 0. The van der Waals surface area contributed by atoms with Gasteiger partial charge in [-0.2, -0.15) is 0 Å². The Labute approximate surface area is 169 Å². The lowest BCUT2D eigenvalue weighted by Crippen LogP contribution is -2.30. The number of halogens is 3. The van der Waals surface area contributed by atoms with Gasteiger partial charge in [0.1, 0.15) is 11.6 Å². The molecule has 5 nitrogen and oxygen atoms in total. The Morgan fingerprint density at radius 3 is 2.50 bits per heavy atom. The normalized spacial score (nSPS) is 11.3. The summed E-state index contributed by atoms with van der Waals surface area (Å²) in [6.45, 7) is 4.78. The van der Waals surface area contributed by atoms with Crippen LogP contribution in [0, 0.1) is 11.6 Å². The number of carbonyl (C=O) groups is 2. The van der Waals surface area contributed by atoms with E-state index in [0.29, 0.717) is 12.2 Å². The number of nitrogens with one attached hydrogen (secondary N) is 3. The van der Waals surface area contributed by atoms with Crippen LogP contribution in [0.15, 0.2) is 42.5 Å². The first kappa shape index (κ1) is 23.5. The zero-order valence-electron chi connectivity index (χ0n) is 15.7. The maximum Gasteiger partial charge on any atom is 0.226 e. The standard InChI is InChI=1S/C20H23F2N3O2.ClH/c1-3-23-12-14-5-4-6-16(9-14)25-20(27)11-19(24-13(2)26)17-8-7-15(21)10-18(17)22;/h4-10,19,23H,3,11-12H2,1-2H3,(H,24,26)(H,25,27);1H. The minimum Gasteiger partial charge on any atom is -0.349 e. The van der Waals surface area contributed by atoms with Crippen molar-refractivity contribution in [3.8, 4) is 0 Å². The van der Waals surface area contributed by atoms with Gasteiger partial charge in [0.25, 0.3) is 0 Å². The Hall–Kier alpha value is -2.51. The highest BCUT2D eigenvalue weighted by Gasteiger charge is 2.21. The molecule has 0 aliphatic heterocycles. The molecule has 0 aliphatic rings. The van der Waals surface area contributed by atoms with E-state index in [9.17, 15) is 18.4 Å². The lowest BCUT2D eigenvalue weighted by molar-refractivity contribution is -0.120. The summed E-state index contributed by atoms with van der Waals surface area (Å²) in [6, 6.07) is 9.51. The van der Waals surface area contributed by atoms with Crippen LogP contribution < -0.4 is 16.0 Å². The summed E-state index contributed by atoms with van der Waals surface area (Å²) in [7, 11) is 0. The number of benzene rings is 2. The van der Waals surface area contributed by atoms with Crippen LogP contribution in [0.3, 0.4) is 0 Å². The number of hydrogen-bond acceptors (Lipinski definition) is 3. The van der Waals surface area contributed by atoms with Crippen LogP contribution in [0.25, 0.3) is 0 Å². The average Bonchev–Trinajstić information content (AvgIpc) is 2.59. The number of carbonyl (C=O) groups excluding carboxylic acids is 2. The van der Waals surface area contributed by atoms with Gasteiger partial charge in [0.15, 0.2) is 0 Å². The van der Waals surface area contributed by atoms with Crippen LogP contribution in [0.2, 0.25) is 0 Å². The Morgan fingerprint density at radius 1 is 1.11 bits per heavy atom. The quantitative estimate of drug-likeness (QED) is 0.620. The Kier molecular flexibility index (Phi) is 9.55. The molecular formula is C20H24ClF2N3O2. The van der Waals surface area contributed by atoms with Gasteiger partial charge in [-0.15, -0.1) is 12.4 Å². The third-order valence-electron chi connectivity index (χ3n) is 3.89. The fourth-order valence-corrected chi connectivity index (χ4v) is 2.69. The van der Waals surface area contributed by atoms with Gasteiger partial charge in [0, 0.05) is 30.8 Å². The van der Waals surface area contributed by atoms with E-state index in [2.05, 4.69) is 16.0 Å². The molecule has 0 radical (unpaired) electrons. The molecule has 0 spiro atoms. The first-order chi connectivity index (χ1) is 12.9. The third-order valence-corrected chi connectivity index (χ3v) is 3.89. The summed E-state index contributed by atoms with van der Waals surface area (Å²) in [6.07, 6.45) is -0.181. The molecule has 0 aliphatic carbocycles. The summed E-state index contributed by atoms with van der Waals surface area (Å²) in [5.74, 6) is -2.34. The second kappa shape index (κ2) is 11.4. The smallest absolute Gasteiger partial charge is 0.226 e. The van der Waals surface area contributed by atoms with Crippen LogP contribution in [0.4, 0.5) is 14.5 Å². The van der Waals surface area contributed by atoms with Crippen molar-refractivity contribution in [3.63, 3.8) is 0 Å². The SMILES string of the molecule is CCNCc1cccc(NC(=O)CC(NC(C)=O)c2ccc(F)cc2F)c1.Cl. The lowest BCUT2D eigenvalue weighted by atomic mass is 10.0. The number of rotatable bonds is 8. The first-order valence-electron chi connectivity index (χ1n) is 8.70. The van der Waals surface area contributed by atoms with E-state index in [4.69, 9.17) is 0 Å². The van der Waals surface area contributed by atoms with Crippen LogP contribution >= 0.6 is 12.4 Å². The van der Waals surface area contributed by atoms with Crippen LogP contribution in [0.1, 0.15) is 37.4 Å². The molecule has 0 fully saturated rings. The van der Waals surface area contributed by atoms with E-state index < -0.39 is 29.5 Å². The van der Waals surface area contributed by atoms with Gasteiger partial charge >= 0.3 is 0 Å². The van der Waals surface area contributed by atoms with E-state index >= 15 is 0 Å². The molecule has 0 saturated heterocycles. The highest BCUT2D eigenvalue weighted by molar-refractivity contribution is 5.91. The molecule has 2 aromatic carbocycles. The van der Waals surface area contributed by atoms with Crippen molar-refractivity contribution in [3.05, 3.63) is 65.2 Å². The van der Waals surface area contributed by atoms with E-state index in [0.717, 1.165) is 24.2 Å². The highest BCUT2D eigenvalue weighted by Crippen LogP contribution is 2.22. The second-order valence-corrected chi connectivity index (χ2v) is 6.15. The molecule has 1 unspecified atom stereocenters. The molecule has 28 heavy (non-hydrogen) atoms. The molecule has 2 rings (SSSR count). The molecule has 0 bridgehead atoms. The third kappa shape index (κ3) is 7.25. The van der Waals surface area contributed by atoms with Crippen LogP contribution in [-0.2, 0) is 16.1 Å². The summed E-state index contributed by atoms with van der Waals surface area (Å²) >= 11 is 0. The number of hydrogen-bond donors (Lipinski definition) is 3. The zero-order chi connectivity index (χ0) is 19.8. The summed E-state index contributed by atoms with van der Waals surface area (Å²) in [5.41, 5.74) is 1.68. The molecule has 3 N–H and O–H groups in total. The zero-order valence-corrected chi connectivity index (χ0v) is 16.5. The summed E-state index contributed by atoms with van der Waals surface area (Å²) in [5, 5.41) is 8.49. The van der Waals surface area contributed by atoms with Crippen molar-refractivity contribution in [1.82, 2.24) is 10.6 Å². The lowest BCUT2D eigenvalue weighted by Gasteiger charge is -2.19. The first-order valence-corrected chi connectivity index (χ1v) is 8.70. The van der Waals surface area contributed by atoms with Crippen molar-refractivity contribution in [2.75, 3.05) is 11.9 Å². The number of anilines is 1. The van der Waals surface area contributed by atoms with E-state index in [1.165, 1.54) is 13.0 Å². The number of amides is 2. The molecule has 8 heteroatoms. The molecular weight excluding hydrogens is 388 g/mol. The van der Waals surface area contributed by atoms with Gasteiger partial charge in [0.2, 0.25) is 11.8 Å². The predicted molar refractivity (Wildman–Crippen MR) is 107 cm³/mol. The Morgan fingerprint density at radius 2 is 1.86 bits per heavy atom. The molecule has 1 atom stereocenters. The molecule has 0 saturated carbocycles. The van der Waals surface area contributed by atoms with E-state index in [-0.39, 0.29) is 24.4 Å². The monoisotopic (exact) mass is 411 g/mol. The Bertz CT molecular complexity index is 818. The fraction of sp³-hybridized carbons (Fsp3) is 0.300. The van der Waals surface area contributed by atoms with Crippen molar-refractivity contribution in [1.29, 1.82) is 0 Å². The average molecular weight is 412 g/mol. The van der Waals surface area contributed by atoms with Gasteiger partial charge in [-0.3, -0.25) is 9.59 Å². The molecule has 0 heterocycles. The maximum absolute atomic E-state index is 14.1. The summed E-state index contributed by atoms with van der Waals surface area (Å²) in [4.78, 5) is 23.9. The summed E-state index contributed by atoms with van der Waals surface area (Å²) < 4.78 is 27.2. The van der Waals surface area contributed by atoms with Crippen molar-refractivity contribution >= 4 is 29.9 Å². The van der Waals surface area contributed by atoms with Crippen molar-refractivity contribution in [2.24, 2.45) is 0 Å². The Balaban J connectivity index is 0.00000392. The highest BCUT2D eigenvalue weighted by atomic mass is 35.5. The maximum atomic E-state index is 14.1. The van der Waals surface area contributed by atoms with Gasteiger partial charge in [-0.25, -0.2) is 8.78 Å². The topological polar surface area (TPSA) is 70.2 Å². The van der Waals surface area contributed by atoms with Crippen molar-refractivity contribution in [2.45, 2.75) is 32.9 Å². The molecule has 2 aromatic rings. The van der Waals surface area contributed by atoms with E-state index in [1.54, 1.807) is 6.07 Å². The van der Waals surface area contributed by atoms with Gasteiger partial charge in [0.05, 0.1) is 12.5 Å². The molecule has 152 valence electrons. The van der Waals surface area contributed by atoms with Gasteiger partial charge in [-0.1, -0.05) is 25.1 Å². The van der Waals surface area contributed by atoms with Crippen molar-refractivity contribution < 1.29 is 18.4 Å². The van der Waals surface area contributed by atoms with E-state index in [1.807, 2.05) is 25.1 Å². The van der Waals surface area contributed by atoms with Gasteiger partial charge in [-0.05, 0) is 30.3 Å². The predicted octanol–water partition coefficient (Wildman–Crippen LogP) is 3.70. The molecule has 2 amide bonds.